The number of nitrogens with zero attached hydrogens (tertiary/aromatic N) is 1. The molecule has 1 heterocycles. The molecule has 6 heteroatoms. The minimum Gasteiger partial charge on any atom is -0.481 e. The number of benzene rings is 1. The van der Waals surface area contributed by atoms with Crippen LogP contribution < -0.4 is 10.5 Å². The summed E-state index contributed by atoms with van der Waals surface area (Å²) in [4.78, 5) is 25.4. The summed E-state index contributed by atoms with van der Waals surface area (Å²) in [6.07, 6.45) is 0.653. The summed E-state index contributed by atoms with van der Waals surface area (Å²) in [6, 6.07) is 3.66. The molecule has 0 spiro atoms. The van der Waals surface area contributed by atoms with E-state index in [1.54, 1.807) is 11.8 Å². The Kier molecular flexibility index (Phi) is 5.52. The topological polar surface area (TPSA) is 72.6 Å². The Balaban J connectivity index is 1.97. The van der Waals surface area contributed by atoms with E-state index in [9.17, 15) is 9.59 Å². The van der Waals surface area contributed by atoms with E-state index in [1.807, 2.05) is 26.0 Å². The van der Waals surface area contributed by atoms with Gasteiger partial charge in [0.1, 0.15) is 5.75 Å². The lowest BCUT2D eigenvalue weighted by atomic mass is 9.96. The fourth-order valence-electron chi connectivity index (χ4n) is 2.87. The zero-order chi connectivity index (χ0) is 17.1. The van der Waals surface area contributed by atoms with Crippen molar-refractivity contribution in [3.05, 3.63) is 28.3 Å². The number of carbonyl (C=O) groups excluding carboxylic acids is 2. The van der Waals surface area contributed by atoms with Gasteiger partial charge in [0.2, 0.25) is 5.91 Å². The predicted octanol–water partition coefficient (Wildman–Crippen LogP) is 2.45. The summed E-state index contributed by atoms with van der Waals surface area (Å²) in [5, 5.41) is 0.713. The Morgan fingerprint density at radius 2 is 1.78 bits per heavy atom. The van der Waals surface area contributed by atoms with Gasteiger partial charge in [-0.2, -0.15) is 0 Å². The number of nitrogens with two attached hydrogens (primary N) is 1. The Bertz CT molecular complexity index is 587. The van der Waals surface area contributed by atoms with E-state index in [-0.39, 0.29) is 17.7 Å². The summed E-state index contributed by atoms with van der Waals surface area (Å²) in [6.45, 7) is 6.63. The summed E-state index contributed by atoms with van der Waals surface area (Å²) in [7, 11) is 0. The normalized spacial score (nSPS) is 17.0. The molecule has 0 bridgehead atoms. The van der Waals surface area contributed by atoms with Crippen LogP contribution in [0, 0.1) is 19.8 Å². The maximum atomic E-state index is 12.5. The molecule has 2 rings (SSSR count). The van der Waals surface area contributed by atoms with Gasteiger partial charge in [0.05, 0.1) is 0 Å². The Hall–Kier alpha value is -1.75. The molecule has 0 aliphatic carbocycles. The summed E-state index contributed by atoms with van der Waals surface area (Å²) in [5.41, 5.74) is 7.15. The average Bonchev–Trinajstić information content (AvgIpc) is 2.51. The molecule has 1 aliphatic heterocycles. The predicted molar refractivity (Wildman–Crippen MR) is 89.5 cm³/mol. The van der Waals surface area contributed by atoms with Crippen molar-refractivity contribution < 1.29 is 14.3 Å². The van der Waals surface area contributed by atoms with Crippen LogP contribution in [0.25, 0.3) is 0 Å². The van der Waals surface area contributed by atoms with Crippen LogP contribution >= 0.6 is 11.6 Å². The number of rotatable bonds is 4. The Morgan fingerprint density at radius 1 is 1.26 bits per heavy atom. The highest BCUT2D eigenvalue weighted by atomic mass is 35.5. The Morgan fingerprint density at radius 3 is 2.26 bits per heavy atom. The maximum absolute atomic E-state index is 12.5. The number of hydrogen-bond donors (Lipinski definition) is 1. The molecule has 1 fully saturated rings. The average molecular weight is 339 g/mol. The molecule has 23 heavy (non-hydrogen) atoms. The first-order valence-corrected chi connectivity index (χ1v) is 8.19. The minimum atomic E-state index is -0.583. The van der Waals surface area contributed by atoms with Crippen LogP contribution in [-0.4, -0.2) is 35.9 Å². The second-order valence-electron chi connectivity index (χ2n) is 6.13. The van der Waals surface area contributed by atoms with Crippen LogP contribution in [0.3, 0.4) is 0 Å². The molecule has 0 radical (unpaired) electrons. The van der Waals surface area contributed by atoms with Gasteiger partial charge in [0, 0.05) is 24.0 Å². The van der Waals surface area contributed by atoms with E-state index >= 15 is 0 Å². The quantitative estimate of drug-likeness (QED) is 0.916. The zero-order valence-electron chi connectivity index (χ0n) is 13.8. The highest BCUT2D eigenvalue weighted by Gasteiger charge is 2.29. The number of hydrogen-bond acceptors (Lipinski definition) is 3. The van der Waals surface area contributed by atoms with Crippen molar-refractivity contribution in [2.45, 2.75) is 39.7 Å². The second-order valence-corrected chi connectivity index (χ2v) is 6.51. The summed E-state index contributed by atoms with van der Waals surface area (Å²) in [5.74, 6) is 0.154. The zero-order valence-corrected chi connectivity index (χ0v) is 14.5. The number of carbonyl (C=O) groups is 2. The summed E-state index contributed by atoms with van der Waals surface area (Å²) >= 11 is 6.14. The number of amides is 2. The highest BCUT2D eigenvalue weighted by Crippen LogP contribution is 2.27. The molecule has 2 N–H and O–H groups in total. The van der Waals surface area contributed by atoms with Crippen LogP contribution in [0.5, 0.6) is 5.75 Å². The van der Waals surface area contributed by atoms with Gasteiger partial charge in [-0.05, 0) is 56.9 Å². The Labute approximate surface area is 141 Å². The molecule has 1 unspecified atom stereocenters. The van der Waals surface area contributed by atoms with Gasteiger partial charge in [-0.15, -0.1) is 0 Å². The fraction of sp³-hybridized carbons (Fsp3) is 0.529. The number of ether oxygens (including phenoxy) is 1. The van der Waals surface area contributed by atoms with Gasteiger partial charge in [0.25, 0.3) is 5.91 Å². The SMILES string of the molecule is Cc1cc(OC(C)C(=O)N2CCC(C(N)=O)CC2)cc(C)c1Cl. The van der Waals surface area contributed by atoms with Gasteiger partial charge in [-0.25, -0.2) is 0 Å². The van der Waals surface area contributed by atoms with Gasteiger partial charge in [0.15, 0.2) is 6.10 Å². The monoisotopic (exact) mass is 338 g/mol. The standard InChI is InChI=1S/C17H23ClN2O3/c1-10-8-14(9-11(2)15(10)18)23-12(3)17(22)20-6-4-13(5-7-20)16(19)21/h8-9,12-13H,4-7H2,1-3H3,(H2,19,21). The minimum absolute atomic E-state index is 0.0711. The van der Waals surface area contributed by atoms with Crippen LogP contribution in [0.4, 0.5) is 0 Å². The van der Waals surface area contributed by atoms with E-state index in [0.717, 1.165) is 11.1 Å². The van der Waals surface area contributed by atoms with E-state index in [1.165, 1.54) is 0 Å². The third kappa shape index (κ3) is 4.16. The number of piperidine rings is 1. The van der Waals surface area contributed by atoms with Gasteiger partial charge < -0.3 is 15.4 Å². The highest BCUT2D eigenvalue weighted by molar-refractivity contribution is 6.32. The van der Waals surface area contributed by atoms with E-state index in [0.29, 0.717) is 36.7 Å². The lowest BCUT2D eigenvalue weighted by molar-refractivity contribution is -0.140. The van der Waals surface area contributed by atoms with Crippen molar-refractivity contribution in [3.63, 3.8) is 0 Å². The molecule has 126 valence electrons. The van der Waals surface area contributed by atoms with Crippen molar-refractivity contribution in [3.8, 4) is 5.75 Å². The second kappa shape index (κ2) is 7.21. The van der Waals surface area contributed by atoms with Crippen molar-refractivity contribution >= 4 is 23.4 Å². The first-order valence-electron chi connectivity index (χ1n) is 7.81. The fourth-order valence-corrected chi connectivity index (χ4v) is 2.98. The largest absolute Gasteiger partial charge is 0.481 e. The molecular weight excluding hydrogens is 316 g/mol. The smallest absolute Gasteiger partial charge is 0.263 e. The van der Waals surface area contributed by atoms with Gasteiger partial charge >= 0.3 is 0 Å². The molecule has 1 aromatic rings. The molecular formula is C17H23ClN2O3. The number of halogens is 1. The number of aryl methyl sites for hydroxylation is 2. The van der Waals surface area contributed by atoms with Crippen LogP contribution in [-0.2, 0) is 9.59 Å². The molecule has 0 aromatic heterocycles. The van der Waals surface area contributed by atoms with Gasteiger partial charge in [-0.3, -0.25) is 9.59 Å². The molecule has 1 atom stereocenters. The number of primary amides is 1. The molecule has 0 saturated carbocycles. The maximum Gasteiger partial charge on any atom is 0.263 e. The lowest BCUT2D eigenvalue weighted by Crippen LogP contribution is -2.46. The third-order valence-electron chi connectivity index (χ3n) is 4.28. The van der Waals surface area contributed by atoms with Crippen LogP contribution in [0.1, 0.15) is 30.9 Å². The molecule has 1 saturated heterocycles. The van der Waals surface area contributed by atoms with Crippen molar-refractivity contribution in [1.29, 1.82) is 0 Å². The molecule has 1 aromatic carbocycles. The van der Waals surface area contributed by atoms with Crippen molar-refractivity contribution in [1.82, 2.24) is 4.90 Å². The van der Waals surface area contributed by atoms with Gasteiger partial charge in [-0.1, -0.05) is 11.6 Å². The summed E-state index contributed by atoms with van der Waals surface area (Å²) < 4.78 is 5.78. The first kappa shape index (κ1) is 17.6. The van der Waals surface area contributed by atoms with Crippen LogP contribution in [0.15, 0.2) is 12.1 Å². The van der Waals surface area contributed by atoms with Crippen molar-refractivity contribution in [2.24, 2.45) is 11.7 Å². The lowest BCUT2D eigenvalue weighted by Gasteiger charge is -2.32. The van der Waals surface area contributed by atoms with E-state index in [4.69, 9.17) is 22.1 Å². The van der Waals surface area contributed by atoms with Crippen molar-refractivity contribution in [2.75, 3.05) is 13.1 Å². The molecule has 5 nitrogen and oxygen atoms in total. The molecule has 1 aliphatic rings. The van der Waals surface area contributed by atoms with E-state index in [2.05, 4.69) is 0 Å². The van der Waals surface area contributed by atoms with Crippen LogP contribution in [0.2, 0.25) is 5.02 Å². The number of likely N-dealkylation sites (tertiary alicyclic amines) is 1. The molecule has 2 amide bonds. The third-order valence-corrected chi connectivity index (χ3v) is 4.88. The van der Waals surface area contributed by atoms with E-state index < -0.39 is 6.10 Å². The first-order chi connectivity index (χ1) is 10.8.